The number of rotatable bonds is 6. The summed E-state index contributed by atoms with van der Waals surface area (Å²) in [4.78, 5) is 13.2. The van der Waals surface area contributed by atoms with E-state index >= 15 is 0 Å². The first-order valence-electron chi connectivity index (χ1n) is 5.55. The molecule has 0 bridgehead atoms. The summed E-state index contributed by atoms with van der Waals surface area (Å²) >= 11 is 0. The molecular formula is C13H17F2NO. The molecule has 4 heteroatoms. The Hall–Kier alpha value is -1.29. The minimum absolute atomic E-state index is 0.00480. The molecule has 17 heavy (non-hydrogen) atoms. The van der Waals surface area contributed by atoms with Gasteiger partial charge in [0, 0.05) is 18.5 Å². The lowest BCUT2D eigenvalue weighted by atomic mass is 10.1. The van der Waals surface area contributed by atoms with Crippen molar-refractivity contribution in [3.63, 3.8) is 0 Å². The zero-order chi connectivity index (χ0) is 12.8. The maximum absolute atomic E-state index is 12.1. The number of Topliss-reactive ketones (excluding diaryl/α,β-unsaturated/α-hetero) is 1. The average molecular weight is 241 g/mol. The lowest BCUT2D eigenvalue weighted by Crippen LogP contribution is -2.27. The molecule has 0 heterocycles. The number of benzene rings is 1. The molecule has 0 spiro atoms. The summed E-state index contributed by atoms with van der Waals surface area (Å²) in [5, 5.41) is 0. The Morgan fingerprint density at radius 1 is 1.41 bits per heavy atom. The van der Waals surface area contributed by atoms with Gasteiger partial charge in [0.25, 0.3) is 6.43 Å². The van der Waals surface area contributed by atoms with Crippen molar-refractivity contribution >= 4 is 5.78 Å². The highest BCUT2D eigenvalue weighted by molar-refractivity contribution is 5.96. The van der Waals surface area contributed by atoms with Crippen molar-refractivity contribution in [2.75, 3.05) is 20.1 Å². The van der Waals surface area contributed by atoms with Crippen molar-refractivity contribution in [3.05, 3.63) is 35.4 Å². The number of aryl methyl sites for hydroxylation is 1. The van der Waals surface area contributed by atoms with Crippen molar-refractivity contribution in [1.29, 1.82) is 0 Å². The predicted octanol–water partition coefficient (Wildman–Crippen LogP) is 2.76. The summed E-state index contributed by atoms with van der Waals surface area (Å²) in [5.74, 6) is -0.00480. The smallest absolute Gasteiger partial charge is 0.251 e. The molecule has 1 aromatic carbocycles. The molecule has 1 rings (SSSR count). The van der Waals surface area contributed by atoms with E-state index in [0.29, 0.717) is 12.1 Å². The molecule has 0 saturated carbocycles. The SMILES string of the molecule is Cc1cccc(C(=O)CCN(C)CC(F)F)c1. The van der Waals surface area contributed by atoms with Crippen molar-refractivity contribution in [3.8, 4) is 0 Å². The van der Waals surface area contributed by atoms with E-state index in [4.69, 9.17) is 0 Å². The number of hydrogen-bond acceptors (Lipinski definition) is 2. The van der Waals surface area contributed by atoms with Gasteiger partial charge in [0.1, 0.15) is 0 Å². The Bertz CT molecular complexity index is 379. The van der Waals surface area contributed by atoms with Crippen LogP contribution in [-0.4, -0.2) is 37.2 Å². The average Bonchev–Trinajstić information content (AvgIpc) is 2.25. The summed E-state index contributed by atoms with van der Waals surface area (Å²) in [6.07, 6.45) is -2.08. The number of carbonyl (C=O) groups excluding carboxylic acids is 1. The van der Waals surface area contributed by atoms with E-state index in [-0.39, 0.29) is 18.7 Å². The van der Waals surface area contributed by atoms with E-state index in [1.807, 2.05) is 25.1 Å². The van der Waals surface area contributed by atoms with E-state index in [1.54, 1.807) is 13.1 Å². The van der Waals surface area contributed by atoms with Gasteiger partial charge in [-0.05, 0) is 20.0 Å². The molecule has 0 N–H and O–H groups in total. The van der Waals surface area contributed by atoms with Crippen molar-refractivity contribution in [2.24, 2.45) is 0 Å². The molecule has 0 aliphatic heterocycles. The molecule has 0 radical (unpaired) electrons. The van der Waals surface area contributed by atoms with Crippen LogP contribution in [0.1, 0.15) is 22.3 Å². The van der Waals surface area contributed by atoms with Crippen LogP contribution in [0.15, 0.2) is 24.3 Å². The fourth-order valence-electron chi connectivity index (χ4n) is 1.58. The number of alkyl halides is 2. The Morgan fingerprint density at radius 2 is 2.12 bits per heavy atom. The molecular weight excluding hydrogens is 224 g/mol. The number of halogens is 2. The Balaban J connectivity index is 2.45. The van der Waals surface area contributed by atoms with Crippen LogP contribution in [0.2, 0.25) is 0 Å². The Morgan fingerprint density at radius 3 is 2.71 bits per heavy atom. The van der Waals surface area contributed by atoms with Crippen LogP contribution in [0.3, 0.4) is 0 Å². The van der Waals surface area contributed by atoms with E-state index in [0.717, 1.165) is 5.56 Å². The van der Waals surface area contributed by atoms with Gasteiger partial charge in [-0.25, -0.2) is 8.78 Å². The van der Waals surface area contributed by atoms with Gasteiger partial charge in [0.15, 0.2) is 5.78 Å². The second kappa shape index (κ2) is 6.45. The predicted molar refractivity (Wildman–Crippen MR) is 63.6 cm³/mol. The zero-order valence-electron chi connectivity index (χ0n) is 10.1. The first-order valence-corrected chi connectivity index (χ1v) is 5.55. The zero-order valence-corrected chi connectivity index (χ0v) is 10.1. The molecule has 0 aliphatic rings. The molecule has 0 fully saturated rings. The highest BCUT2D eigenvalue weighted by Crippen LogP contribution is 2.07. The monoisotopic (exact) mass is 241 g/mol. The molecule has 1 aromatic rings. The fourth-order valence-corrected chi connectivity index (χ4v) is 1.58. The van der Waals surface area contributed by atoms with Crippen LogP contribution < -0.4 is 0 Å². The third-order valence-corrected chi connectivity index (χ3v) is 2.51. The second-order valence-corrected chi connectivity index (χ2v) is 4.20. The Kier molecular flexibility index (Phi) is 5.22. The number of hydrogen-bond donors (Lipinski definition) is 0. The van der Waals surface area contributed by atoms with Gasteiger partial charge in [0.05, 0.1) is 6.54 Å². The summed E-state index contributed by atoms with van der Waals surface area (Å²) in [6.45, 7) is 1.98. The Labute approximate surface area is 100 Å². The van der Waals surface area contributed by atoms with Crippen molar-refractivity contribution in [2.45, 2.75) is 19.8 Å². The topological polar surface area (TPSA) is 20.3 Å². The lowest BCUT2D eigenvalue weighted by molar-refractivity contribution is 0.0881. The van der Waals surface area contributed by atoms with Crippen LogP contribution in [0.5, 0.6) is 0 Å². The number of carbonyl (C=O) groups is 1. The standard InChI is InChI=1S/C13H17F2NO/c1-10-4-3-5-11(8-10)12(17)6-7-16(2)9-13(14)15/h3-5,8,13H,6-7,9H2,1-2H3. The molecule has 0 unspecified atom stereocenters. The molecule has 0 atom stereocenters. The summed E-state index contributed by atoms with van der Waals surface area (Å²) < 4.78 is 24.1. The first kappa shape index (κ1) is 13.8. The van der Waals surface area contributed by atoms with Crippen LogP contribution in [0.25, 0.3) is 0 Å². The van der Waals surface area contributed by atoms with Crippen LogP contribution in [0.4, 0.5) is 8.78 Å². The number of ketones is 1. The van der Waals surface area contributed by atoms with Crippen molar-refractivity contribution in [1.82, 2.24) is 4.90 Å². The first-order chi connectivity index (χ1) is 7.99. The minimum atomic E-state index is -2.35. The van der Waals surface area contributed by atoms with E-state index in [9.17, 15) is 13.6 Å². The summed E-state index contributed by atoms with van der Waals surface area (Å²) in [7, 11) is 1.59. The molecule has 2 nitrogen and oxygen atoms in total. The molecule has 0 amide bonds. The normalized spacial score (nSPS) is 11.2. The van der Waals surface area contributed by atoms with Gasteiger partial charge in [-0.1, -0.05) is 23.8 Å². The van der Waals surface area contributed by atoms with Crippen LogP contribution in [-0.2, 0) is 0 Å². The van der Waals surface area contributed by atoms with Crippen LogP contribution >= 0.6 is 0 Å². The molecule has 0 saturated heterocycles. The summed E-state index contributed by atoms with van der Waals surface area (Å²) in [6, 6.07) is 7.31. The number of nitrogens with zero attached hydrogens (tertiary/aromatic N) is 1. The third kappa shape index (κ3) is 5.04. The van der Waals surface area contributed by atoms with Gasteiger partial charge in [-0.15, -0.1) is 0 Å². The molecule has 0 aliphatic carbocycles. The third-order valence-electron chi connectivity index (χ3n) is 2.51. The summed E-state index contributed by atoms with van der Waals surface area (Å²) in [5.41, 5.74) is 1.67. The van der Waals surface area contributed by atoms with E-state index in [1.165, 1.54) is 4.90 Å². The quantitative estimate of drug-likeness (QED) is 0.714. The van der Waals surface area contributed by atoms with E-state index < -0.39 is 6.43 Å². The van der Waals surface area contributed by atoms with Crippen LogP contribution in [0, 0.1) is 6.92 Å². The lowest BCUT2D eigenvalue weighted by Gasteiger charge is -2.15. The van der Waals surface area contributed by atoms with E-state index in [2.05, 4.69) is 0 Å². The maximum Gasteiger partial charge on any atom is 0.251 e. The minimum Gasteiger partial charge on any atom is -0.300 e. The largest absolute Gasteiger partial charge is 0.300 e. The van der Waals surface area contributed by atoms with Crippen molar-refractivity contribution < 1.29 is 13.6 Å². The van der Waals surface area contributed by atoms with Gasteiger partial charge in [0.2, 0.25) is 0 Å². The van der Waals surface area contributed by atoms with Gasteiger partial charge >= 0.3 is 0 Å². The van der Waals surface area contributed by atoms with Gasteiger partial charge in [-0.3, -0.25) is 4.79 Å². The maximum atomic E-state index is 12.1. The van der Waals surface area contributed by atoms with Gasteiger partial charge < -0.3 is 4.90 Å². The second-order valence-electron chi connectivity index (χ2n) is 4.20. The van der Waals surface area contributed by atoms with Gasteiger partial charge in [-0.2, -0.15) is 0 Å². The highest BCUT2D eigenvalue weighted by Gasteiger charge is 2.10. The molecule has 0 aromatic heterocycles. The molecule has 94 valence electrons. The highest BCUT2D eigenvalue weighted by atomic mass is 19.3. The fraction of sp³-hybridized carbons (Fsp3) is 0.462.